The molecule has 170 valence electrons. The predicted molar refractivity (Wildman–Crippen MR) is 132 cm³/mol. The van der Waals surface area contributed by atoms with E-state index in [0.717, 1.165) is 49.7 Å². The lowest BCUT2D eigenvalue weighted by molar-refractivity contribution is -0.119. The summed E-state index contributed by atoms with van der Waals surface area (Å²) in [7, 11) is 1.80. The summed E-state index contributed by atoms with van der Waals surface area (Å²) in [6, 6.07) is 17.2. The van der Waals surface area contributed by atoms with Crippen molar-refractivity contribution in [2.45, 2.75) is 51.6 Å². The first kappa shape index (κ1) is 22.2. The zero-order valence-electron chi connectivity index (χ0n) is 19.3. The van der Waals surface area contributed by atoms with Crippen molar-refractivity contribution in [2.24, 2.45) is 4.99 Å². The minimum absolute atomic E-state index is 0.149. The Bertz CT molecular complexity index is 933. The van der Waals surface area contributed by atoms with E-state index in [0.29, 0.717) is 13.0 Å². The SMILES string of the molecule is CN=C(NCc1ccc(N2CCCCC2=O)cc1)NC(C)c1cccc(N2CCCC2)c1. The van der Waals surface area contributed by atoms with E-state index in [4.69, 9.17) is 0 Å². The summed E-state index contributed by atoms with van der Waals surface area (Å²) in [5.41, 5.74) is 4.72. The quantitative estimate of drug-likeness (QED) is 0.529. The number of nitrogens with one attached hydrogen (secondary N) is 2. The third kappa shape index (κ3) is 5.42. The lowest BCUT2D eigenvalue weighted by Gasteiger charge is -2.27. The van der Waals surface area contributed by atoms with E-state index in [-0.39, 0.29) is 11.9 Å². The highest BCUT2D eigenvalue weighted by molar-refractivity contribution is 5.94. The van der Waals surface area contributed by atoms with Crippen molar-refractivity contribution in [2.75, 3.05) is 36.5 Å². The number of nitrogens with zero attached hydrogens (tertiary/aromatic N) is 3. The maximum Gasteiger partial charge on any atom is 0.226 e. The fourth-order valence-electron chi connectivity index (χ4n) is 4.51. The van der Waals surface area contributed by atoms with Crippen molar-refractivity contribution >= 4 is 23.2 Å². The molecular formula is C26H35N5O. The van der Waals surface area contributed by atoms with Gasteiger partial charge in [0.2, 0.25) is 5.91 Å². The highest BCUT2D eigenvalue weighted by Crippen LogP contribution is 2.24. The van der Waals surface area contributed by atoms with E-state index >= 15 is 0 Å². The van der Waals surface area contributed by atoms with Crippen LogP contribution < -0.4 is 20.4 Å². The molecule has 1 unspecified atom stereocenters. The molecule has 0 saturated carbocycles. The van der Waals surface area contributed by atoms with E-state index in [9.17, 15) is 4.79 Å². The Morgan fingerprint density at radius 1 is 1.00 bits per heavy atom. The summed E-state index contributed by atoms with van der Waals surface area (Å²) in [4.78, 5) is 20.9. The van der Waals surface area contributed by atoms with Crippen LogP contribution in [0.4, 0.5) is 11.4 Å². The molecule has 2 heterocycles. The molecule has 1 amide bonds. The van der Waals surface area contributed by atoms with Gasteiger partial charge in [0.1, 0.15) is 0 Å². The summed E-state index contributed by atoms with van der Waals surface area (Å²) >= 11 is 0. The number of aliphatic imine (C=N–C) groups is 1. The van der Waals surface area contributed by atoms with E-state index in [1.165, 1.54) is 24.1 Å². The second-order valence-electron chi connectivity index (χ2n) is 8.75. The second-order valence-corrected chi connectivity index (χ2v) is 8.75. The molecule has 6 heteroatoms. The van der Waals surface area contributed by atoms with Gasteiger partial charge in [-0.2, -0.15) is 0 Å². The van der Waals surface area contributed by atoms with Crippen LogP contribution in [0.1, 0.15) is 56.2 Å². The molecular weight excluding hydrogens is 398 g/mol. The van der Waals surface area contributed by atoms with Gasteiger partial charge in [0.15, 0.2) is 5.96 Å². The molecule has 2 aromatic carbocycles. The third-order valence-electron chi connectivity index (χ3n) is 6.45. The van der Waals surface area contributed by atoms with Gasteiger partial charge in [-0.05, 0) is 68.0 Å². The van der Waals surface area contributed by atoms with Gasteiger partial charge in [0.25, 0.3) is 0 Å². The van der Waals surface area contributed by atoms with Crippen LogP contribution in [-0.2, 0) is 11.3 Å². The van der Waals surface area contributed by atoms with E-state index in [1.54, 1.807) is 7.05 Å². The van der Waals surface area contributed by atoms with Crippen molar-refractivity contribution < 1.29 is 4.79 Å². The van der Waals surface area contributed by atoms with Crippen LogP contribution in [-0.4, -0.2) is 38.5 Å². The fourth-order valence-corrected chi connectivity index (χ4v) is 4.51. The molecule has 4 rings (SSSR count). The molecule has 2 aromatic rings. The number of amides is 1. The Balaban J connectivity index is 1.32. The van der Waals surface area contributed by atoms with Gasteiger partial charge in [0, 0.05) is 51.0 Å². The third-order valence-corrected chi connectivity index (χ3v) is 6.45. The van der Waals surface area contributed by atoms with Crippen LogP contribution in [0.2, 0.25) is 0 Å². The number of hydrogen-bond donors (Lipinski definition) is 2. The number of benzene rings is 2. The summed E-state index contributed by atoms with van der Waals surface area (Å²) in [6.45, 7) is 5.97. The maximum absolute atomic E-state index is 12.1. The van der Waals surface area contributed by atoms with Gasteiger partial charge in [0.05, 0.1) is 6.04 Å². The molecule has 2 saturated heterocycles. The van der Waals surface area contributed by atoms with Crippen LogP contribution >= 0.6 is 0 Å². The minimum Gasteiger partial charge on any atom is -0.372 e. The first-order chi connectivity index (χ1) is 15.6. The maximum atomic E-state index is 12.1. The Morgan fingerprint density at radius 2 is 1.75 bits per heavy atom. The standard InChI is InChI=1S/C26H35N5O/c1-20(22-8-7-9-24(18-22)30-15-5-6-16-30)29-26(27-2)28-19-21-11-13-23(14-12-21)31-17-4-3-10-25(31)32/h7-9,11-14,18,20H,3-6,10,15-17,19H2,1-2H3,(H2,27,28,29). The van der Waals surface area contributed by atoms with Crippen LogP contribution in [0.15, 0.2) is 53.5 Å². The first-order valence-electron chi connectivity index (χ1n) is 11.9. The van der Waals surface area contributed by atoms with Crippen molar-refractivity contribution in [3.8, 4) is 0 Å². The van der Waals surface area contributed by atoms with Gasteiger partial charge in [-0.15, -0.1) is 0 Å². The molecule has 2 N–H and O–H groups in total. The number of piperidine rings is 1. The monoisotopic (exact) mass is 433 g/mol. The Morgan fingerprint density at radius 3 is 2.47 bits per heavy atom. The van der Waals surface area contributed by atoms with Gasteiger partial charge in [-0.3, -0.25) is 9.79 Å². The number of carbonyl (C=O) groups is 1. The molecule has 2 aliphatic rings. The van der Waals surface area contributed by atoms with E-state index in [2.05, 4.69) is 63.8 Å². The van der Waals surface area contributed by atoms with Crippen LogP contribution in [0.5, 0.6) is 0 Å². The molecule has 0 bridgehead atoms. The van der Waals surface area contributed by atoms with Gasteiger partial charge in [-0.25, -0.2) is 0 Å². The minimum atomic E-state index is 0.149. The zero-order chi connectivity index (χ0) is 22.3. The van der Waals surface area contributed by atoms with Gasteiger partial charge < -0.3 is 20.4 Å². The molecule has 2 aliphatic heterocycles. The molecule has 1 atom stereocenters. The largest absolute Gasteiger partial charge is 0.372 e. The smallest absolute Gasteiger partial charge is 0.226 e. The molecule has 6 nitrogen and oxygen atoms in total. The van der Waals surface area contributed by atoms with Gasteiger partial charge in [-0.1, -0.05) is 24.3 Å². The topological polar surface area (TPSA) is 60.0 Å². The van der Waals surface area contributed by atoms with Crippen LogP contribution in [0, 0.1) is 0 Å². The highest BCUT2D eigenvalue weighted by atomic mass is 16.2. The summed E-state index contributed by atoms with van der Waals surface area (Å²) in [5.74, 6) is 1.01. The van der Waals surface area contributed by atoms with Crippen LogP contribution in [0.3, 0.4) is 0 Å². The fraction of sp³-hybridized carbons (Fsp3) is 0.462. The predicted octanol–water partition coefficient (Wildman–Crippen LogP) is 4.23. The molecule has 0 aromatic heterocycles. The average molecular weight is 434 g/mol. The zero-order valence-corrected chi connectivity index (χ0v) is 19.3. The molecule has 2 fully saturated rings. The summed E-state index contributed by atoms with van der Waals surface area (Å²) < 4.78 is 0. The number of anilines is 2. The number of rotatable bonds is 6. The van der Waals surface area contributed by atoms with E-state index in [1.807, 2.05) is 17.0 Å². The normalized spacial score (nSPS) is 18.1. The average Bonchev–Trinajstić information content (AvgIpc) is 3.38. The van der Waals surface area contributed by atoms with E-state index < -0.39 is 0 Å². The Hall–Kier alpha value is -3.02. The number of guanidine groups is 1. The summed E-state index contributed by atoms with van der Waals surface area (Å²) in [5, 5.41) is 6.92. The molecule has 0 aliphatic carbocycles. The van der Waals surface area contributed by atoms with Crippen molar-refractivity contribution in [3.63, 3.8) is 0 Å². The van der Waals surface area contributed by atoms with Crippen molar-refractivity contribution in [1.82, 2.24) is 10.6 Å². The van der Waals surface area contributed by atoms with Gasteiger partial charge >= 0.3 is 0 Å². The Labute approximate surface area is 191 Å². The number of hydrogen-bond acceptors (Lipinski definition) is 3. The molecule has 0 spiro atoms. The lowest BCUT2D eigenvalue weighted by Crippen LogP contribution is -2.38. The molecule has 32 heavy (non-hydrogen) atoms. The molecule has 0 radical (unpaired) electrons. The van der Waals surface area contributed by atoms with Crippen LogP contribution in [0.25, 0.3) is 0 Å². The van der Waals surface area contributed by atoms with Crippen molar-refractivity contribution in [1.29, 1.82) is 0 Å². The second kappa shape index (κ2) is 10.5. The Kier molecular flexibility index (Phi) is 7.30. The first-order valence-corrected chi connectivity index (χ1v) is 11.9. The summed E-state index contributed by atoms with van der Waals surface area (Å²) in [6.07, 6.45) is 5.30. The lowest BCUT2D eigenvalue weighted by atomic mass is 10.1. The highest BCUT2D eigenvalue weighted by Gasteiger charge is 2.19. The number of carbonyl (C=O) groups excluding carboxylic acids is 1. The van der Waals surface area contributed by atoms with Crippen molar-refractivity contribution in [3.05, 3.63) is 59.7 Å².